The monoisotopic (exact) mass is 207 g/mol. The highest BCUT2D eigenvalue weighted by Gasteiger charge is 2.36. The Kier molecular flexibility index (Phi) is 2.68. The molecule has 0 aromatic rings. The molecule has 15 heavy (non-hydrogen) atoms. The summed E-state index contributed by atoms with van der Waals surface area (Å²) in [6.07, 6.45) is 5.78. The van der Waals surface area contributed by atoms with Crippen molar-refractivity contribution in [2.24, 2.45) is 5.92 Å². The second-order valence-corrected chi connectivity index (χ2v) is 3.75. The van der Waals surface area contributed by atoms with E-state index >= 15 is 0 Å². The summed E-state index contributed by atoms with van der Waals surface area (Å²) in [5.74, 6) is -0.237. The van der Waals surface area contributed by atoms with Crippen LogP contribution in [0, 0.1) is 5.92 Å². The largest absolute Gasteiger partial charge is 0.430 e. The van der Waals surface area contributed by atoms with Crippen molar-refractivity contribution in [3.05, 3.63) is 24.0 Å². The molecule has 1 saturated heterocycles. The number of nitrogens with one attached hydrogen (secondary N) is 1. The van der Waals surface area contributed by atoms with E-state index in [0.717, 1.165) is 13.0 Å². The van der Waals surface area contributed by atoms with Crippen LogP contribution in [0.5, 0.6) is 0 Å². The zero-order valence-electron chi connectivity index (χ0n) is 8.53. The zero-order chi connectivity index (χ0) is 10.8. The lowest BCUT2D eigenvalue weighted by molar-refractivity contribution is -0.138. The number of ether oxygens (including phenoxy) is 1. The molecule has 0 saturated carbocycles. The lowest BCUT2D eigenvalue weighted by Crippen LogP contribution is -2.51. The van der Waals surface area contributed by atoms with Crippen molar-refractivity contribution in [2.75, 3.05) is 6.54 Å². The molecular weight excluding hydrogens is 194 g/mol. The number of allylic oxidation sites excluding steroid dienone is 3. The Hall–Kier alpha value is -1.42. The highest BCUT2D eigenvalue weighted by atomic mass is 16.5. The number of carbonyl (C=O) groups excluding carboxylic acids is 2. The van der Waals surface area contributed by atoms with E-state index in [2.05, 4.69) is 5.32 Å². The van der Waals surface area contributed by atoms with Gasteiger partial charge in [0.15, 0.2) is 5.78 Å². The van der Waals surface area contributed by atoms with E-state index in [1.165, 1.54) is 13.0 Å². The predicted octanol–water partition coefficient (Wildman–Crippen LogP) is 0.550. The molecule has 80 valence electrons. The fourth-order valence-electron chi connectivity index (χ4n) is 1.84. The molecule has 1 heterocycles. The Balaban J connectivity index is 2.16. The average molecular weight is 207 g/mol. The second kappa shape index (κ2) is 3.98. The summed E-state index contributed by atoms with van der Waals surface area (Å²) in [6, 6.07) is 0.119. The Morgan fingerprint density at radius 1 is 1.60 bits per heavy atom. The van der Waals surface area contributed by atoms with Crippen molar-refractivity contribution in [1.29, 1.82) is 0 Å². The van der Waals surface area contributed by atoms with E-state index < -0.39 is 0 Å². The number of rotatable bonds is 2. The summed E-state index contributed by atoms with van der Waals surface area (Å²) >= 11 is 0. The number of carbonyl (C=O) groups is 2. The Labute approximate surface area is 88.0 Å². The minimum absolute atomic E-state index is 0.00551. The first kappa shape index (κ1) is 10.1. The Morgan fingerprint density at radius 3 is 2.87 bits per heavy atom. The standard InChI is InChI=1S/C11H13NO3/c1-7(13)15-10-4-2-3-9(14)11(10)8-5-6-12-8/h2-4,8,11-12H,5-6H2,1H3. The fraction of sp³-hybridized carbons (Fsp3) is 0.455. The van der Waals surface area contributed by atoms with Crippen molar-refractivity contribution in [3.8, 4) is 0 Å². The van der Waals surface area contributed by atoms with Gasteiger partial charge in [0, 0.05) is 13.0 Å². The van der Waals surface area contributed by atoms with Gasteiger partial charge >= 0.3 is 5.97 Å². The van der Waals surface area contributed by atoms with Gasteiger partial charge in [0.1, 0.15) is 5.76 Å². The molecule has 4 heteroatoms. The van der Waals surface area contributed by atoms with Gasteiger partial charge in [-0.1, -0.05) is 6.08 Å². The van der Waals surface area contributed by atoms with Crippen molar-refractivity contribution in [3.63, 3.8) is 0 Å². The lowest BCUT2D eigenvalue weighted by atomic mass is 9.84. The van der Waals surface area contributed by atoms with E-state index in [0.29, 0.717) is 5.76 Å². The number of esters is 1. The molecule has 0 aromatic heterocycles. The molecule has 0 amide bonds. The molecule has 4 nitrogen and oxygen atoms in total. The van der Waals surface area contributed by atoms with Gasteiger partial charge in [-0.15, -0.1) is 0 Å². The molecule has 1 fully saturated rings. The summed E-state index contributed by atoms with van der Waals surface area (Å²) in [6.45, 7) is 2.26. The van der Waals surface area contributed by atoms with E-state index in [1.807, 2.05) is 0 Å². The lowest BCUT2D eigenvalue weighted by Gasteiger charge is -2.35. The van der Waals surface area contributed by atoms with Crippen molar-refractivity contribution in [2.45, 2.75) is 19.4 Å². The van der Waals surface area contributed by atoms with Gasteiger partial charge in [-0.3, -0.25) is 9.59 Å². The first-order valence-corrected chi connectivity index (χ1v) is 5.02. The Bertz CT molecular complexity index is 353. The fourth-order valence-corrected chi connectivity index (χ4v) is 1.84. The first-order chi connectivity index (χ1) is 7.18. The van der Waals surface area contributed by atoms with Crippen LogP contribution in [0.15, 0.2) is 24.0 Å². The van der Waals surface area contributed by atoms with E-state index in [-0.39, 0.29) is 23.7 Å². The molecule has 2 rings (SSSR count). The van der Waals surface area contributed by atoms with Gasteiger partial charge < -0.3 is 10.1 Å². The minimum Gasteiger partial charge on any atom is -0.430 e. The van der Waals surface area contributed by atoms with E-state index in [9.17, 15) is 9.59 Å². The van der Waals surface area contributed by atoms with Gasteiger partial charge in [0.25, 0.3) is 0 Å². The third-order valence-corrected chi connectivity index (χ3v) is 2.66. The van der Waals surface area contributed by atoms with Gasteiger partial charge in [-0.2, -0.15) is 0 Å². The smallest absolute Gasteiger partial charge is 0.307 e. The van der Waals surface area contributed by atoms with Crippen LogP contribution < -0.4 is 5.32 Å². The summed E-state index contributed by atoms with van der Waals surface area (Å²) in [4.78, 5) is 22.5. The van der Waals surface area contributed by atoms with Crippen LogP contribution in [-0.2, 0) is 14.3 Å². The maximum Gasteiger partial charge on any atom is 0.307 e. The highest BCUT2D eigenvalue weighted by molar-refractivity contribution is 5.96. The maximum atomic E-state index is 11.7. The molecule has 2 unspecified atom stereocenters. The molecular formula is C11H13NO3. The predicted molar refractivity (Wildman–Crippen MR) is 53.9 cm³/mol. The van der Waals surface area contributed by atoms with E-state index in [4.69, 9.17) is 4.74 Å². The number of ketones is 1. The SMILES string of the molecule is CC(=O)OC1=CC=CC(=O)C1C1CCN1. The van der Waals surface area contributed by atoms with Crippen molar-refractivity contribution < 1.29 is 14.3 Å². The molecule has 0 aromatic carbocycles. The van der Waals surface area contributed by atoms with Crippen LogP contribution in [0.4, 0.5) is 0 Å². The van der Waals surface area contributed by atoms with Gasteiger partial charge in [0.2, 0.25) is 0 Å². The summed E-state index contributed by atoms with van der Waals surface area (Å²) in [7, 11) is 0. The quantitative estimate of drug-likeness (QED) is 0.672. The van der Waals surface area contributed by atoms with Crippen molar-refractivity contribution in [1.82, 2.24) is 5.32 Å². The number of hydrogen-bond donors (Lipinski definition) is 1. The Morgan fingerprint density at radius 2 is 2.33 bits per heavy atom. The molecule has 2 atom stereocenters. The molecule has 1 N–H and O–H groups in total. The first-order valence-electron chi connectivity index (χ1n) is 5.02. The third kappa shape index (κ3) is 1.99. The minimum atomic E-state index is -0.381. The van der Waals surface area contributed by atoms with Crippen LogP contribution >= 0.6 is 0 Å². The van der Waals surface area contributed by atoms with Crippen LogP contribution in [0.3, 0.4) is 0 Å². The summed E-state index contributed by atoms with van der Waals surface area (Å²) in [5, 5.41) is 3.16. The molecule has 1 aliphatic carbocycles. The maximum absolute atomic E-state index is 11.7. The average Bonchev–Trinajstić information content (AvgIpc) is 2.06. The topological polar surface area (TPSA) is 55.4 Å². The van der Waals surface area contributed by atoms with Gasteiger partial charge in [-0.25, -0.2) is 0 Å². The molecule has 2 aliphatic rings. The normalized spacial score (nSPS) is 29.4. The van der Waals surface area contributed by atoms with Crippen LogP contribution in [0.25, 0.3) is 0 Å². The highest BCUT2D eigenvalue weighted by Crippen LogP contribution is 2.27. The van der Waals surface area contributed by atoms with Crippen LogP contribution in [0.2, 0.25) is 0 Å². The third-order valence-electron chi connectivity index (χ3n) is 2.66. The van der Waals surface area contributed by atoms with Crippen molar-refractivity contribution >= 4 is 11.8 Å². The summed E-state index contributed by atoms with van der Waals surface area (Å²) in [5.41, 5.74) is 0. The number of hydrogen-bond acceptors (Lipinski definition) is 4. The molecule has 1 aliphatic heterocycles. The van der Waals surface area contributed by atoms with Gasteiger partial charge in [-0.05, 0) is 25.1 Å². The summed E-state index contributed by atoms with van der Waals surface area (Å²) < 4.78 is 5.04. The molecule has 0 spiro atoms. The van der Waals surface area contributed by atoms with Crippen LogP contribution in [0.1, 0.15) is 13.3 Å². The van der Waals surface area contributed by atoms with E-state index in [1.54, 1.807) is 12.2 Å². The molecule has 0 bridgehead atoms. The second-order valence-electron chi connectivity index (χ2n) is 3.75. The zero-order valence-corrected chi connectivity index (χ0v) is 8.53. The van der Waals surface area contributed by atoms with Crippen LogP contribution in [-0.4, -0.2) is 24.3 Å². The van der Waals surface area contributed by atoms with Gasteiger partial charge in [0.05, 0.1) is 5.92 Å². The molecule has 0 radical (unpaired) electrons.